The number of carbonyl (C=O) groups is 1. The van der Waals surface area contributed by atoms with E-state index in [2.05, 4.69) is 77.2 Å². The number of nitrogens with zero attached hydrogens (tertiary/aromatic N) is 6. The van der Waals surface area contributed by atoms with E-state index in [1.54, 1.807) is 18.3 Å². The van der Waals surface area contributed by atoms with Crippen LogP contribution in [0.4, 0.5) is 23.3 Å². The quantitative estimate of drug-likeness (QED) is 0.316. The molecule has 2 N–H and O–H groups in total. The number of benzene rings is 2. The second kappa shape index (κ2) is 10.7. The first kappa shape index (κ1) is 24.8. The molecule has 0 unspecified atom stereocenters. The van der Waals surface area contributed by atoms with Crippen molar-refractivity contribution in [1.82, 2.24) is 24.4 Å². The molecule has 38 heavy (non-hydrogen) atoms. The summed E-state index contributed by atoms with van der Waals surface area (Å²) in [5.74, 6) is 0.830. The van der Waals surface area contributed by atoms with E-state index in [9.17, 15) is 4.79 Å². The largest absolute Gasteiger partial charge is 0.369 e. The molecule has 2 aromatic carbocycles. The van der Waals surface area contributed by atoms with Crippen molar-refractivity contribution in [1.29, 1.82) is 0 Å². The molecule has 0 radical (unpaired) electrons. The number of hydrogen-bond acceptors (Lipinski definition) is 7. The lowest BCUT2D eigenvalue weighted by Gasteiger charge is -2.34. The molecule has 1 saturated carbocycles. The third-order valence-corrected chi connectivity index (χ3v) is 7.97. The maximum atomic E-state index is 13.0. The molecular formula is C28H31BrN8O. The number of rotatable bonds is 6. The standard InChI is InChI=1S/C28H31BrN8O/c1-35-14-16-36(17-15-35)22-12-10-21(11-13-22)31-27-30-18-24-25(33-27)37(23-4-2-3-5-23)28(32-24)34-26(38)19-6-8-20(29)9-7-19/h6-13,18,23H,2-5,14-17H2,1H3,(H,30,31,33)(H,32,34,38). The van der Waals surface area contributed by atoms with Crippen LogP contribution in [0.2, 0.25) is 0 Å². The number of aromatic nitrogens is 4. The van der Waals surface area contributed by atoms with E-state index in [1.807, 2.05) is 12.1 Å². The van der Waals surface area contributed by atoms with Crippen molar-refractivity contribution in [3.63, 3.8) is 0 Å². The van der Waals surface area contributed by atoms with Gasteiger partial charge in [-0.3, -0.25) is 14.7 Å². The Labute approximate surface area is 230 Å². The number of halogens is 1. The molecule has 2 aromatic heterocycles. The smallest absolute Gasteiger partial charge is 0.257 e. The number of piperazine rings is 1. The number of imidazole rings is 1. The molecule has 196 valence electrons. The Bertz CT molecular complexity index is 1420. The van der Waals surface area contributed by atoms with Crippen LogP contribution < -0.4 is 15.5 Å². The summed E-state index contributed by atoms with van der Waals surface area (Å²) in [6.45, 7) is 4.23. The number of hydrogen-bond donors (Lipinski definition) is 2. The minimum absolute atomic E-state index is 0.196. The minimum Gasteiger partial charge on any atom is -0.369 e. The predicted molar refractivity (Wildman–Crippen MR) is 154 cm³/mol. The van der Waals surface area contributed by atoms with Gasteiger partial charge in [-0.05, 0) is 68.4 Å². The topological polar surface area (TPSA) is 91.2 Å². The van der Waals surface area contributed by atoms with Crippen LogP contribution in [0.15, 0.2) is 59.2 Å². The second-order valence-corrected chi connectivity index (χ2v) is 11.0. The molecule has 0 bridgehead atoms. The van der Waals surface area contributed by atoms with Gasteiger partial charge in [0.15, 0.2) is 5.65 Å². The van der Waals surface area contributed by atoms with E-state index in [1.165, 1.54) is 5.69 Å². The first-order valence-electron chi connectivity index (χ1n) is 13.2. The van der Waals surface area contributed by atoms with Crippen molar-refractivity contribution in [2.24, 2.45) is 0 Å². The van der Waals surface area contributed by atoms with E-state index in [4.69, 9.17) is 9.97 Å². The van der Waals surface area contributed by atoms with Gasteiger partial charge in [-0.2, -0.15) is 4.98 Å². The summed E-state index contributed by atoms with van der Waals surface area (Å²) in [6.07, 6.45) is 6.10. The molecule has 1 amide bonds. The molecule has 1 aliphatic carbocycles. The first-order valence-corrected chi connectivity index (χ1v) is 14.0. The number of nitrogens with one attached hydrogen (secondary N) is 2. The van der Waals surface area contributed by atoms with Crippen LogP contribution in [-0.4, -0.2) is 63.6 Å². The SMILES string of the molecule is CN1CCN(c2ccc(Nc3ncc4nc(NC(=O)c5ccc(Br)cc5)n(C5CCCC5)c4n3)cc2)CC1. The highest BCUT2D eigenvalue weighted by atomic mass is 79.9. The summed E-state index contributed by atoms with van der Waals surface area (Å²) < 4.78 is 3.01. The fourth-order valence-electron chi connectivity index (χ4n) is 5.27. The zero-order valence-corrected chi connectivity index (χ0v) is 23.0. The Morgan fingerprint density at radius 3 is 2.37 bits per heavy atom. The van der Waals surface area contributed by atoms with Crippen molar-refractivity contribution < 1.29 is 4.79 Å². The highest BCUT2D eigenvalue weighted by molar-refractivity contribution is 9.10. The maximum absolute atomic E-state index is 13.0. The average molecular weight is 576 g/mol. The maximum Gasteiger partial charge on any atom is 0.257 e. The van der Waals surface area contributed by atoms with Gasteiger partial charge in [0.1, 0.15) is 5.52 Å². The number of likely N-dealkylation sites (N-methyl/N-ethyl adjacent to an activating group) is 1. The van der Waals surface area contributed by atoms with Crippen LogP contribution >= 0.6 is 15.9 Å². The monoisotopic (exact) mass is 574 g/mol. The highest BCUT2D eigenvalue weighted by Crippen LogP contribution is 2.35. The van der Waals surface area contributed by atoms with Gasteiger partial charge in [0.05, 0.1) is 6.20 Å². The number of amides is 1. The van der Waals surface area contributed by atoms with Crippen LogP contribution in [0, 0.1) is 0 Å². The Kier molecular flexibility index (Phi) is 6.99. The molecule has 1 aliphatic heterocycles. The van der Waals surface area contributed by atoms with E-state index >= 15 is 0 Å². The zero-order valence-electron chi connectivity index (χ0n) is 21.4. The van der Waals surface area contributed by atoms with Crippen molar-refractivity contribution in [2.45, 2.75) is 31.7 Å². The molecular weight excluding hydrogens is 544 g/mol. The Balaban J connectivity index is 1.25. The summed E-state index contributed by atoms with van der Waals surface area (Å²) in [7, 11) is 2.17. The van der Waals surface area contributed by atoms with Gasteiger partial charge in [0, 0.05) is 53.6 Å². The summed E-state index contributed by atoms with van der Waals surface area (Å²) in [6, 6.07) is 16.0. The fraction of sp³-hybridized carbons (Fsp3) is 0.357. The number of carbonyl (C=O) groups excluding carboxylic acids is 1. The summed E-state index contributed by atoms with van der Waals surface area (Å²) in [5, 5.41) is 6.37. The van der Waals surface area contributed by atoms with Gasteiger partial charge >= 0.3 is 0 Å². The predicted octanol–water partition coefficient (Wildman–Crippen LogP) is 5.45. The molecule has 1 saturated heterocycles. The van der Waals surface area contributed by atoms with E-state index < -0.39 is 0 Å². The molecule has 9 nitrogen and oxygen atoms in total. The average Bonchev–Trinajstić information content (AvgIpc) is 3.57. The Morgan fingerprint density at radius 1 is 0.947 bits per heavy atom. The van der Waals surface area contributed by atoms with Crippen LogP contribution in [0.1, 0.15) is 42.1 Å². The van der Waals surface area contributed by atoms with Gasteiger partial charge in [0.25, 0.3) is 5.91 Å². The molecule has 4 aromatic rings. The van der Waals surface area contributed by atoms with Crippen molar-refractivity contribution in [3.8, 4) is 0 Å². The molecule has 2 fully saturated rings. The Hall–Kier alpha value is -3.50. The van der Waals surface area contributed by atoms with E-state index in [0.717, 1.165) is 67.7 Å². The fourth-order valence-corrected chi connectivity index (χ4v) is 5.54. The van der Waals surface area contributed by atoms with E-state index in [-0.39, 0.29) is 11.9 Å². The first-order chi connectivity index (χ1) is 18.5. The van der Waals surface area contributed by atoms with Crippen molar-refractivity contribution >= 4 is 56.3 Å². The van der Waals surface area contributed by atoms with Gasteiger partial charge in [0.2, 0.25) is 11.9 Å². The third kappa shape index (κ3) is 5.23. The van der Waals surface area contributed by atoms with Crippen LogP contribution in [-0.2, 0) is 0 Å². The van der Waals surface area contributed by atoms with Gasteiger partial charge in [-0.1, -0.05) is 28.8 Å². The normalized spacial score (nSPS) is 16.7. The number of anilines is 4. The summed E-state index contributed by atoms with van der Waals surface area (Å²) >= 11 is 3.42. The summed E-state index contributed by atoms with van der Waals surface area (Å²) in [4.78, 5) is 31.9. The minimum atomic E-state index is -0.196. The molecule has 0 atom stereocenters. The van der Waals surface area contributed by atoms with Gasteiger partial charge in [-0.25, -0.2) is 9.97 Å². The highest BCUT2D eigenvalue weighted by Gasteiger charge is 2.25. The van der Waals surface area contributed by atoms with Crippen molar-refractivity contribution in [2.75, 3.05) is 48.8 Å². The molecule has 3 heterocycles. The van der Waals surface area contributed by atoms with Crippen LogP contribution in [0.5, 0.6) is 0 Å². The number of fused-ring (bicyclic) bond motifs is 1. The Morgan fingerprint density at radius 2 is 1.66 bits per heavy atom. The second-order valence-electron chi connectivity index (χ2n) is 10.1. The van der Waals surface area contributed by atoms with Crippen molar-refractivity contribution in [3.05, 3.63) is 64.8 Å². The lowest BCUT2D eigenvalue weighted by molar-refractivity contribution is 0.102. The van der Waals surface area contributed by atoms with Crippen LogP contribution in [0.3, 0.4) is 0 Å². The molecule has 0 spiro atoms. The third-order valence-electron chi connectivity index (χ3n) is 7.45. The molecule has 2 aliphatic rings. The lowest BCUT2D eigenvalue weighted by atomic mass is 10.2. The van der Waals surface area contributed by atoms with E-state index in [0.29, 0.717) is 23.0 Å². The van der Waals surface area contributed by atoms with Crippen LogP contribution in [0.25, 0.3) is 11.2 Å². The molecule has 10 heteroatoms. The zero-order chi connectivity index (χ0) is 26.1. The lowest BCUT2D eigenvalue weighted by Crippen LogP contribution is -2.44. The van der Waals surface area contributed by atoms with Gasteiger partial charge < -0.3 is 15.1 Å². The van der Waals surface area contributed by atoms with Gasteiger partial charge in [-0.15, -0.1) is 0 Å². The summed E-state index contributed by atoms with van der Waals surface area (Å²) in [5.41, 5.74) is 4.13. The molecule has 6 rings (SSSR count).